The molecule has 2 heterocycles. The predicted molar refractivity (Wildman–Crippen MR) is 132 cm³/mol. The Labute approximate surface area is 214 Å². The van der Waals surface area contributed by atoms with Crippen molar-refractivity contribution in [3.8, 4) is 0 Å². The Balaban J connectivity index is 1.28. The molecule has 8 nitrogen and oxygen atoms in total. The summed E-state index contributed by atoms with van der Waals surface area (Å²) in [6.45, 7) is 1.52. The molecule has 0 atom stereocenters. The number of nitrogens with zero attached hydrogens (tertiary/aromatic N) is 3. The number of carboxylic acids is 1. The van der Waals surface area contributed by atoms with Gasteiger partial charge in [-0.05, 0) is 43.2 Å². The van der Waals surface area contributed by atoms with Gasteiger partial charge >= 0.3 is 12.1 Å². The van der Waals surface area contributed by atoms with Gasteiger partial charge in [-0.2, -0.15) is 13.2 Å². The zero-order valence-corrected chi connectivity index (χ0v) is 20.1. The Hall–Kier alpha value is -3.93. The third kappa shape index (κ3) is 5.21. The number of pyridine rings is 1. The molecule has 12 heteroatoms. The van der Waals surface area contributed by atoms with Crippen molar-refractivity contribution in [2.24, 2.45) is 0 Å². The largest absolute Gasteiger partial charge is 0.477 e. The van der Waals surface area contributed by atoms with Crippen molar-refractivity contribution in [3.63, 3.8) is 0 Å². The molecule has 2 aromatic carbocycles. The number of alkyl halides is 3. The summed E-state index contributed by atoms with van der Waals surface area (Å²) in [6.07, 6.45) is -1.51. The second-order valence-electron chi connectivity index (χ2n) is 9.53. The van der Waals surface area contributed by atoms with Crippen LogP contribution in [0, 0.1) is 5.82 Å². The van der Waals surface area contributed by atoms with E-state index >= 15 is 4.39 Å². The molecular weight excluding hydrogens is 508 g/mol. The molecule has 38 heavy (non-hydrogen) atoms. The SMILES string of the molecule is O=C(CN1CCN(c2cc3c(cc2F)c(=O)c(C(=O)O)cn3C2CC2)CC1)Nc1cccc(C(F)(F)F)c1. The molecule has 5 rings (SSSR count). The van der Waals surface area contributed by atoms with Gasteiger partial charge in [0.25, 0.3) is 0 Å². The first-order chi connectivity index (χ1) is 18.0. The van der Waals surface area contributed by atoms with Crippen LogP contribution in [0.2, 0.25) is 0 Å². The van der Waals surface area contributed by atoms with E-state index in [0.29, 0.717) is 31.7 Å². The number of nitrogens with one attached hydrogen (secondary N) is 1. The number of hydrogen-bond acceptors (Lipinski definition) is 5. The molecule has 2 aliphatic rings. The maximum atomic E-state index is 15.1. The molecule has 0 radical (unpaired) electrons. The summed E-state index contributed by atoms with van der Waals surface area (Å²) in [5.41, 5.74) is -1.17. The summed E-state index contributed by atoms with van der Waals surface area (Å²) >= 11 is 0. The second kappa shape index (κ2) is 9.75. The smallest absolute Gasteiger partial charge is 0.416 e. The highest BCUT2D eigenvalue weighted by Gasteiger charge is 2.31. The number of carbonyl (C=O) groups is 2. The number of aromatic carboxylic acids is 1. The van der Waals surface area contributed by atoms with Crippen molar-refractivity contribution in [2.45, 2.75) is 25.1 Å². The Kier molecular flexibility index (Phi) is 6.59. The lowest BCUT2D eigenvalue weighted by molar-refractivity contribution is -0.137. The van der Waals surface area contributed by atoms with Crippen molar-refractivity contribution >= 4 is 34.2 Å². The molecular formula is C26H24F4N4O4. The Morgan fingerprint density at radius 2 is 1.76 bits per heavy atom. The van der Waals surface area contributed by atoms with Crippen LogP contribution in [0.5, 0.6) is 0 Å². The van der Waals surface area contributed by atoms with Crippen molar-refractivity contribution in [1.82, 2.24) is 9.47 Å². The molecule has 1 aliphatic carbocycles. The van der Waals surface area contributed by atoms with Gasteiger partial charge in [-0.1, -0.05) is 6.07 Å². The minimum atomic E-state index is -4.51. The second-order valence-corrected chi connectivity index (χ2v) is 9.53. The summed E-state index contributed by atoms with van der Waals surface area (Å²) in [7, 11) is 0. The number of amides is 1. The number of halogens is 4. The predicted octanol–water partition coefficient (Wildman–Crippen LogP) is 3.95. The fraction of sp³-hybridized carbons (Fsp3) is 0.346. The number of carboxylic acid groups (broad SMARTS) is 1. The van der Waals surface area contributed by atoms with E-state index in [4.69, 9.17) is 0 Å². The minimum absolute atomic E-state index is 0.0166. The van der Waals surface area contributed by atoms with Crippen LogP contribution in [0.15, 0.2) is 47.4 Å². The molecule has 0 spiro atoms. The molecule has 1 aromatic heterocycles. The third-order valence-electron chi connectivity index (χ3n) is 6.83. The average Bonchev–Trinajstić information content (AvgIpc) is 3.70. The number of hydrogen-bond donors (Lipinski definition) is 2. The Morgan fingerprint density at radius 1 is 1.05 bits per heavy atom. The van der Waals surface area contributed by atoms with E-state index in [2.05, 4.69) is 5.32 Å². The van der Waals surface area contributed by atoms with Crippen LogP contribution >= 0.6 is 0 Å². The van der Waals surface area contributed by atoms with Crippen LogP contribution in [-0.2, 0) is 11.0 Å². The van der Waals surface area contributed by atoms with Crippen LogP contribution in [-0.4, -0.2) is 59.2 Å². The van der Waals surface area contributed by atoms with E-state index in [0.717, 1.165) is 31.0 Å². The van der Waals surface area contributed by atoms with Crippen LogP contribution in [0.3, 0.4) is 0 Å². The maximum Gasteiger partial charge on any atom is 0.416 e. The molecule has 3 aromatic rings. The average molecular weight is 532 g/mol. The monoisotopic (exact) mass is 532 g/mol. The quantitative estimate of drug-likeness (QED) is 0.467. The number of rotatable bonds is 6. The van der Waals surface area contributed by atoms with E-state index in [1.54, 1.807) is 15.5 Å². The van der Waals surface area contributed by atoms with E-state index < -0.39 is 40.4 Å². The van der Waals surface area contributed by atoms with Gasteiger partial charge in [0.15, 0.2) is 0 Å². The fourth-order valence-electron chi connectivity index (χ4n) is 4.73. The number of fused-ring (bicyclic) bond motifs is 1. The number of aromatic nitrogens is 1. The lowest BCUT2D eigenvalue weighted by Crippen LogP contribution is -2.49. The number of carbonyl (C=O) groups excluding carboxylic acids is 1. The van der Waals surface area contributed by atoms with Gasteiger partial charge in [-0.3, -0.25) is 14.5 Å². The van der Waals surface area contributed by atoms with Gasteiger partial charge in [0.05, 0.1) is 23.3 Å². The number of piperazine rings is 1. The lowest BCUT2D eigenvalue weighted by Gasteiger charge is -2.36. The van der Waals surface area contributed by atoms with E-state index in [9.17, 15) is 32.7 Å². The van der Waals surface area contributed by atoms with E-state index in [1.807, 2.05) is 4.90 Å². The number of anilines is 2. The third-order valence-corrected chi connectivity index (χ3v) is 6.83. The lowest BCUT2D eigenvalue weighted by atomic mass is 10.1. The van der Waals surface area contributed by atoms with Crippen LogP contribution in [0.4, 0.5) is 28.9 Å². The topological polar surface area (TPSA) is 94.9 Å². The van der Waals surface area contributed by atoms with Crippen molar-refractivity contribution in [3.05, 3.63) is 69.8 Å². The van der Waals surface area contributed by atoms with E-state index in [1.165, 1.54) is 18.3 Å². The van der Waals surface area contributed by atoms with Crippen molar-refractivity contribution in [2.75, 3.05) is 42.9 Å². The Morgan fingerprint density at radius 3 is 2.39 bits per heavy atom. The maximum absolute atomic E-state index is 15.1. The highest BCUT2D eigenvalue weighted by atomic mass is 19.4. The normalized spacial score (nSPS) is 16.6. The molecule has 0 unspecified atom stereocenters. The zero-order chi connectivity index (χ0) is 27.2. The molecule has 1 saturated heterocycles. The summed E-state index contributed by atoms with van der Waals surface area (Å²) < 4.78 is 55.6. The van der Waals surface area contributed by atoms with Gasteiger partial charge in [0.2, 0.25) is 11.3 Å². The van der Waals surface area contributed by atoms with Crippen LogP contribution in [0.1, 0.15) is 34.8 Å². The summed E-state index contributed by atoms with van der Waals surface area (Å²) in [6, 6.07) is 7.13. The first kappa shape index (κ1) is 25.7. The van der Waals surface area contributed by atoms with Crippen molar-refractivity contribution in [1.29, 1.82) is 0 Å². The molecule has 2 fully saturated rings. The number of benzene rings is 2. The summed E-state index contributed by atoms with van der Waals surface area (Å²) in [5.74, 6) is -2.46. The minimum Gasteiger partial charge on any atom is -0.477 e. The van der Waals surface area contributed by atoms with Gasteiger partial charge in [-0.25, -0.2) is 9.18 Å². The zero-order valence-electron chi connectivity index (χ0n) is 20.1. The van der Waals surface area contributed by atoms with Crippen LogP contribution in [0.25, 0.3) is 10.9 Å². The Bertz CT molecular complexity index is 1470. The van der Waals surface area contributed by atoms with Crippen LogP contribution < -0.4 is 15.6 Å². The molecule has 0 bridgehead atoms. The van der Waals surface area contributed by atoms with Gasteiger partial charge in [-0.15, -0.1) is 0 Å². The molecule has 1 amide bonds. The fourth-order valence-corrected chi connectivity index (χ4v) is 4.73. The molecule has 200 valence electrons. The summed E-state index contributed by atoms with van der Waals surface area (Å²) in [5, 5.41) is 11.9. The first-order valence-corrected chi connectivity index (χ1v) is 12.1. The molecule has 1 aliphatic heterocycles. The molecule has 1 saturated carbocycles. The standard InChI is InChI=1S/C26H24F4N4O4/c27-20-11-18-21(34(17-4-5-17)13-19(24(18)36)25(37)38)12-22(20)33-8-6-32(7-9-33)14-23(35)31-16-3-1-2-15(10-16)26(28,29)30/h1-3,10-13,17H,4-9,14H2,(H,31,35)(H,37,38). The highest BCUT2D eigenvalue weighted by molar-refractivity contribution is 5.94. The molecule has 2 N–H and O–H groups in total. The summed E-state index contributed by atoms with van der Waals surface area (Å²) in [4.78, 5) is 40.2. The first-order valence-electron chi connectivity index (χ1n) is 12.1. The highest BCUT2D eigenvalue weighted by Crippen LogP contribution is 2.38. The van der Waals surface area contributed by atoms with E-state index in [-0.39, 0.29) is 29.3 Å². The van der Waals surface area contributed by atoms with Crippen molar-refractivity contribution < 1.29 is 32.3 Å². The van der Waals surface area contributed by atoms with Gasteiger partial charge in [0.1, 0.15) is 11.4 Å². The van der Waals surface area contributed by atoms with Gasteiger partial charge < -0.3 is 19.9 Å². The van der Waals surface area contributed by atoms with Gasteiger partial charge in [0, 0.05) is 49.5 Å².